The molecule has 1 fully saturated rings. The molecule has 4 nitrogen and oxygen atoms in total. The van der Waals surface area contributed by atoms with E-state index in [0.717, 1.165) is 19.3 Å². The van der Waals surface area contributed by atoms with Gasteiger partial charge >= 0.3 is 5.97 Å². The number of carboxylic acid groups (broad SMARTS) is 1. The number of aliphatic carboxylic acids is 1. The second-order valence-corrected chi connectivity index (χ2v) is 3.25. The quantitative estimate of drug-likeness (QED) is 0.646. The predicted molar refractivity (Wildman–Crippen MR) is 43.8 cm³/mol. The van der Waals surface area contributed by atoms with Gasteiger partial charge in [-0.25, -0.2) is 4.79 Å². The lowest BCUT2D eigenvalue weighted by atomic mass is 10.2. The Balaban J connectivity index is 2.35. The summed E-state index contributed by atoms with van der Waals surface area (Å²) in [6.45, 7) is 1.54. The van der Waals surface area contributed by atoms with Gasteiger partial charge in [-0.05, 0) is 26.2 Å². The molecule has 0 saturated heterocycles. The fourth-order valence-corrected chi connectivity index (χ4v) is 1.44. The van der Waals surface area contributed by atoms with Gasteiger partial charge in [0.15, 0.2) is 6.10 Å². The van der Waals surface area contributed by atoms with E-state index in [2.05, 4.69) is 0 Å². The van der Waals surface area contributed by atoms with E-state index >= 15 is 0 Å². The molecule has 0 spiro atoms. The molecule has 1 aliphatic rings. The molecule has 0 aromatic carbocycles. The second-order valence-electron chi connectivity index (χ2n) is 3.25. The third-order valence-corrected chi connectivity index (χ3v) is 2.23. The van der Waals surface area contributed by atoms with Gasteiger partial charge in [0.25, 0.3) is 0 Å². The number of carboxylic acids is 1. The second kappa shape index (κ2) is 3.87. The average Bonchev–Trinajstić information content (AvgIpc) is 2.36. The van der Waals surface area contributed by atoms with Crippen molar-refractivity contribution in [3.63, 3.8) is 0 Å². The minimum Gasteiger partial charge on any atom is -0.479 e. The van der Waals surface area contributed by atoms with Gasteiger partial charge in [-0.2, -0.15) is 0 Å². The summed E-state index contributed by atoms with van der Waals surface area (Å²) in [5, 5.41) is 8.56. The highest BCUT2D eigenvalue weighted by Gasteiger charge is 2.27. The van der Waals surface area contributed by atoms with Crippen LogP contribution in [-0.2, 0) is 9.53 Å². The number of hydrogen-bond acceptors (Lipinski definition) is 3. The number of hydrogen-bond donors (Lipinski definition) is 2. The summed E-state index contributed by atoms with van der Waals surface area (Å²) < 4.78 is 5.26. The monoisotopic (exact) mass is 173 g/mol. The summed E-state index contributed by atoms with van der Waals surface area (Å²) in [5.41, 5.74) is 5.71. The molecule has 0 aliphatic heterocycles. The van der Waals surface area contributed by atoms with Gasteiger partial charge in [0, 0.05) is 6.04 Å². The summed E-state index contributed by atoms with van der Waals surface area (Å²) in [6, 6.07) is 0.0202. The van der Waals surface area contributed by atoms with Crippen LogP contribution in [0.5, 0.6) is 0 Å². The maximum Gasteiger partial charge on any atom is 0.332 e. The van der Waals surface area contributed by atoms with Crippen LogP contribution in [0.25, 0.3) is 0 Å². The number of nitrogens with two attached hydrogens (primary N) is 1. The Morgan fingerprint density at radius 2 is 2.33 bits per heavy atom. The minimum absolute atomic E-state index is 0.0202. The van der Waals surface area contributed by atoms with Crippen LogP contribution in [0.4, 0.5) is 0 Å². The summed E-state index contributed by atoms with van der Waals surface area (Å²) in [5.74, 6) is -0.922. The Morgan fingerprint density at radius 3 is 2.75 bits per heavy atom. The molecule has 3 unspecified atom stereocenters. The first-order valence-electron chi connectivity index (χ1n) is 4.25. The van der Waals surface area contributed by atoms with Crippen molar-refractivity contribution < 1.29 is 14.6 Å². The summed E-state index contributed by atoms with van der Waals surface area (Å²) in [7, 11) is 0. The van der Waals surface area contributed by atoms with Crippen molar-refractivity contribution in [1.29, 1.82) is 0 Å². The van der Waals surface area contributed by atoms with Gasteiger partial charge in [0.2, 0.25) is 0 Å². The van der Waals surface area contributed by atoms with Crippen molar-refractivity contribution in [3.05, 3.63) is 0 Å². The van der Waals surface area contributed by atoms with E-state index in [4.69, 9.17) is 15.6 Å². The fraction of sp³-hybridized carbons (Fsp3) is 0.875. The molecule has 1 saturated carbocycles. The maximum atomic E-state index is 10.4. The Bertz CT molecular complexity index is 172. The third-order valence-electron chi connectivity index (χ3n) is 2.23. The molecule has 1 rings (SSSR count). The van der Waals surface area contributed by atoms with E-state index in [1.807, 2.05) is 0 Å². The first kappa shape index (κ1) is 9.48. The number of rotatable bonds is 3. The predicted octanol–water partition coefficient (Wildman–Crippen LogP) is 0.356. The molecule has 12 heavy (non-hydrogen) atoms. The largest absolute Gasteiger partial charge is 0.479 e. The van der Waals surface area contributed by atoms with E-state index in [9.17, 15) is 4.79 Å². The van der Waals surface area contributed by atoms with Gasteiger partial charge < -0.3 is 15.6 Å². The van der Waals surface area contributed by atoms with Crippen LogP contribution in [0, 0.1) is 0 Å². The van der Waals surface area contributed by atoms with Gasteiger partial charge in [-0.1, -0.05) is 0 Å². The molecule has 3 atom stereocenters. The van der Waals surface area contributed by atoms with Crippen molar-refractivity contribution in [2.45, 2.75) is 44.4 Å². The normalized spacial score (nSPS) is 31.8. The lowest BCUT2D eigenvalue weighted by molar-refractivity contribution is -0.152. The van der Waals surface area contributed by atoms with Crippen molar-refractivity contribution >= 4 is 5.97 Å². The van der Waals surface area contributed by atoms with Crippen LogP contribution in [0.15, 0.2) is 0 Å². The smallest absolute Gasteiger partial charge is 0.332 e. The molecule has 0 bridgehead atoms. The molecule has 3 N–H and O–H groups in total. The van der Waals surface area contributed by atoms with Crippen molar-refractivity contribution in [2.24, 2.45) is 5.73 Å². The standard InChI is InChI=1S/C8H15NO3/c1-5(8(10)11)12-7-4-2-3-6(7)9/h5-7H,2-4,9H2,1H3,(H,10,11). The highest BCUT2D eigenvalue weighted by atomic mass is 16.5. The molecule has 0 heterocycles. The lowest BCUT2D eigenvalue weighted by Crippen LogP contribution is -2.36. The van der Waals surface area contributed by atoms with Crippen LogP contribution in [0.2, 0.25) is 0 Å². The van der Waals surface area contributed by atoms with Crippen molar-refractivity contribution in [2.75, 3.05) is 0 Å². The van der Waals surface area contributed by atoms with Gasteiger partial charge in [-0.15, -0.1) is 0 Å². The topological polar surface area (TPSA) is 72.5 Å². The molecular weight excluding hydrogens is 158 g/mol. The molecule has 1 aliphatic carbocycles. The van der Waals surface area contributed by atoms with Crippen LogP contribution in [0.3, 0.4) is 0 Å². The van der Waals surface area contributed by atoms with E-state index in [1.165, 1.54) is 6.92 Å². The van der Waals surface area contributed by atoms with Crippen molar-refractivity contribution in [3.8, 4) is 0 Å². The van der Waals surface area contributed by atoms with Gasteiger partial charge in [-0.3, -0.25) is 0 Å². The molecule has 0 aromatic rings. The zero-order valence-corrected chi connectivity index (χ0v) is 7.19. The number of carbonyl (C=O) groups is 1. The molecule has 70 valence electrons. The molecule has 4 heteroatoms. The molecule has 0 amide bonds. The van der Waals surface area contributed by atoms with Crippen LogP contribution >= 0.6 is 0 Å². The van der Waals surface area contributed by atoms with Gasteiger partial charge in [0.1, 0.15) is 0 Å². The van der Waals surface area contributed by atoms with Crippen molar-refractivity contribution in [1.82, 2.24) is 0 Å². The Hall–Kier alpha value is -0.610. The van der Waals surface area contributed by atoms with Crippen LogP contribution in [-0.4, -0.2) is 29.3 Å². The van der Waals surface area contributed by atoms with Crippen LogP contribution in [0.1, 0.15) is 26.2 Å². The van der Waals surface area contributed by atoms with E-state index in [0.29, 0.717) is 0 Å². The summed E-state index contributed by atoms with van der Waals surface area (Å²) in [4.78, 5) is 10.4. The maximum absolute atomic E-state index is 10.4. The lowest BCUT2D eigenvalue weighted by Gasteiger charge is -2.18. The Morgan fingerprint density at radius 1 is 1.67 bits per heavy atom. The van der Waals surface area contributed by atoms with Crippen LogP contribution < -0.4 is 5.73 Å². The first-order valence-corrected chi connectivity index (χ1v) is 4.25. The number of ether oxygens (including phenoxy) is 1. The fourth-order valence-electron chi connectivity index (χ4n) is 1.44. The third kappa shape index (κ3) is 2.19. The zero-order chi connectivity index (χ0) is 9.14. The van der Waals surface area contributed by atoms with E-state index in [1.54, 1.807) is 0 Å². The molecular formula is C8H15NO3. The SMILES string of the molecule is CC(OC1CCCC1N)C(=O)O. The molecule has 0 radical (unpaired) electrons. The average molecular weight is 173 g/mol. The summed E-state index contributed by atoms with van der Waals surface area (Å²) in [6.07, 6.45) is 2.07. The highest BCUT2D eigenvalue weighted by Crippen LogP contribution is 2.21. The van der Waals surface area contributed by atoms with E-state index < -0.39 is 12.1 Å². The minimum atomic E-state index is -0.922. The van der Waals surface area contributed by atoms with E-state index in [-0.39, 0.29) is 12.1 Å². The summed E-state index contributed by atoms with van der Waals surface area (Å²) >= 11 is 0. The van der Waals surface area contributed by atoms with Gasteiger partial charge in [0.05, 0.1) is 6.10 Å². The Labute approximate surface area is 71.7 Å². The first-order chi connectivity index (χ1) is 5.61. The zero-order valence-electron chi connectivity index (χ0n) is 7.19. The highest BCUT2D eigenvalue weighted by molar-refractivity contribution is 5.71. The Kier molecular flexibility index (Phi) is 3.05. The molecule has 0 aromatic heterocycles.